The van der Waals surface area contributed by atoms with E-state index in [-0.39, 0.29) is 24.4 Å². The number of aromatic nitrogens is 1. The maximum atomic E-state index is 13.9. The van der Waals surface area contributed by atoms with Gasteiger partial charge in [-0.25, -0.2) is 4.98 Å². The van der Waals surface area contributed by atoms with Crippen LogP contribution in [0.5, 0.6) is 0 Å². The molecule has 1 amide bonds. The highest BCUT2D eigenvalue weighted by molar-refractivity contribution is 6.10. The van der Waals surface area contributed by atoms with Crippen LogP contribution >= 0.6 is 12.4 Å². The Morgan fingerprint density at radius 1 is 1.25 bits per heavy atom. The zero-order valence-corrected chi connectivity index (χ0v) is 19.1. The topological polar surface area (TPSA) is 71.2 Å². The first kappa shape index (κ1) is 23.7. The summed E-state index contributed by atoms with van der Waals surface area (Å²) in [5.74, 6) is 6.85. The second-order valence-corrected chi connectivity index (χ2v) is 7.90. The smallest absolute Gasteiger partial charge is 0.259 e. The molecule has 2 aromatic carbocycles. The fourth-order valence-electron chi connectivity index (χ4n) is 4.16. The average Bonchev–Trinajstić information content (AvgIpc) is 2.80. The highest BCUT2D eigenvalue weighted by Gasteiger charge is 2.30. The van der Waals surface area contributed by atoms with Crippen LogP contribution in [0.4, 0.5) is 5.82 Å². The van der Waals surface area contributed by atoms with Gasteiger partial charge in [0.15, 0.2) is 0 Å². The first-order valence-electron chi connectivity index (χ1n) is 10.9. The molecular weight excluding hydrogens is 420 g/mol. The highest BCUT2D eigenvalue weighted by Crippen LogP contribution is 2.31. The Morgan fingerprint density at radius 2 is 2.09 bits per heavy atom. The van der Waals surface area contributed by atoms with Crippen LogP contribution in [-0.4, -0.2) is 36.6 Å². The normalized spacial score (nSPS) is 15.4. The summed E-state index contributed by atoms with van der Waals surface area (Å²) in [6.07, 6.45) is 4.40. The van der Waals surface area contributed by atoms with Gasteiger partial charge in [0, 0.05) is 42.2 Å². The van der Waals surface area contributed by atoms with Crippen molar-refractivity contribution in [3.05, 3.63) is 71.4 Å². The Bertz CT molecular complexity index is 1140. The van der Waals surface area contributed by atoms with Crippen molar-refractivity contribution in [3.63, 3.8) is 0 Å². The number of rotatable bonds is 4. The van der Waals surface area contributed by atoms with Crippen molar-refractivity contribution < 1.29 is 4.79 Å². The van der Waals surface area contributed by atoms with Gasteiger partial charge in [-0.3, -0.25) is 9.69 Å². The Kier molecular flexibility index (Phi) is 8.24. The van der Waals surface area contributed by atoms with Crippen molar-refractivity contribution in [2.24, 2.45) is 5.73 Å². The van der Waals surface area contributed by atoms with Gasteiger partial charge in [0.05, 0.1) is 6.04 Å². The highest BCUT2D eigenvalue weighted by atomic mass is 35.5. The van der Waals surface area contributed by atoms with Crippen LogP contribution in [0.25, 0.3) is 10.8 Å². The predicted octanol–water partition coefficient (Wildman–Crippen LogP) is 4.06. The molecule has 1 aliphatic heterocycles. The van der Waals surface area contributed by atoms with E-state index in [4.69, 9.17) is 10.7 Å². The van der Waals surface area contributed by atoms with Gasteiger partial charge in [0.2, 0.25) is 0 Å². The third-order valence-corrected chi connectivity index (χ3v) is 5.67. The van der Waals surface area contributed by atoms with E-state index in [2.05, 4.69) is 36.2 Å². The van der Waals surface area contributed by atoms with Gasteiger partial charge in [-0.05, 0) is 61.5 Å². The lowest BCUT2D eigenvalue weighted by molar-refractivity contribution is 0.0972. The zero-order chi connectivity index (χ0) is 21.6. The molecule has 1 fully saturated rings. The maximum Gasteiger partial charge on any atom is 0.259 e. The van der Waals surface area contributed by atoms with E-state index in [9.17, 15) is 4.79 Å². The SMILES string of the molecule is Cc1cccc2ccnc(N(C(=O)c3cccc(C#CCCN)c3)[C@@H]3CCCNC3)c12.Cl. The van der Waals surface area contributed by atoms with Gasteiger partial charge in [-0.1, -0.05) is 36.1 Å². The van der Waals surface area contributed by atoms with Crippen molar-refractivity contribution >= 4 is 34.9 Å². The minimum atomic E-state index is -0.0422. The molecule has 32 heavy (non-hydrogen) atoms. The molecule has 5 nitrogen and oxygen atoms in total. The molecule has 0 unspecified atom stereocenters. The summed E-state index contributed by atoms with van der Waals surface area (Å²) in [5, 5.41) is 5.57. The van der Waals surface area contributed by atoms with Crippen molar-refractivity contribution in [1.82, 2.24) is 10.3 Å². The lowest BCUT2D eigenvalue weighted by Gasteiger charge is -2.35. The predicted molar refractivity (Wildman–Crippen MR) is 133 cm³/mol. The molecule has 3 N–H and O–H groups in total. The number of anilines is 1. The summed E-state index contributed by atoms with van der Waals surface area (Å²) in [6, 6.07) is 15.8. The van der Waals surface area contributed by atoms with E-state index < -0.39 is 0 Å². The number of carbonyl (C=O) groups is 1. The number of nitrogens with two attached hydrogens (primary N) is 1. The second kappa shape index (κ2) is 11.1. The fourth-order valence-corrected chi connectivity index (χ4v) is 4.16. The first-order chi connectivity index (χ1) is 15.2. The second-order valence-electron chi connectivity index (χ2n) is 7.90. The van der Waals surface area contributed by atoms with Crippen LogP contribution in [-0.2, 0) is 0 Å². The Labute approximate surface area is 195 Å². The zero-order valence-electron chi connectivity index (χ0n) is 18.3. The minimum Gasteiger partial charge on any atom is -0.330 e. The molecule has 0 spiro atoms. The molecule has 0 saturated carbocycles. The number of nitrogens with one attached hydrogen (secondary N) is 1. The lowest BCUT2D eigenvalue weighted by Crippen LogP contribution is -2.49. The van der Waals surface area contributed by atoms with Crippen LogP contribution in [0.1, 0.15) is 40.7 Å². The largest absolute Gasteiger partial charge is 0.330 e. The molecule has 1 aliphatic rings. The van der Waals surface area contributed by atoms with Crippen LogP contribution in [0.15, 0.2) is 54.7 Å². The summed E-state index contributed by atoms with van der Waals surface area (Å²) in [5.41, 5.74) is 8.10. The number of fused-ring (bicyclic) bond motifs is 1. The van der Waals surface area contributed by atoms with E-state index in [1.165, 1.54) is 0 Å². The van der Waals surface area contributed by atoms with E-state index in [1.54, 1.807) is 6.20 Å². The Balaban J connectivity index is 0.00000289. The Hall–Kier alpha value is -2.91. The van der Waals surface area contributed by atoms with Crippen LogP contribution in [0, 0.1) is 18.8 Å². The van der Waals surface area contributed by atoms with Gasteiger partial charge in [0.1, 0.15) is 5.82 Å². The van der Waals surface area contributed by atoms with Crippen LogP contribution < -0.4 is 16.0 Å². The number of hydrogen-bond acceptors (Lipinski definition) is 4. The molecule has 1 saturated heterocycles. The number of hydrogen-bond donors (Lipinski definition) is 2. The standard InChI is InChI=1S/C26H28N4O.ClH/c1-19-7-4-10-21-13-16-29-25(24(19)21)30(23-12-6-15-28-18-23)26(31)22-11-5-9-20(17-22)8-2-3-14-27;/h4-5,7,9-11,13,16-17,23,28H,3,6,12,14-15,18,27H2,1H3;1H/t23-;/m1./s1. The monoisotopic (exact) mass is 448 g/mol. The summed E-state index contributed by atoms with van der Waals surface area (Å²) in [6.45, 7) is 4.33. The van der Waals surface area contributed by atoms with Gasteiger partial charge in [-0.15, -0.1) is 12.4 Å². The first-order valence-corrected chi connectivity index (χ1v) is 10.9. The molecule has 166 valence electrons. The molecule has 0 aliphatic carbocycles. The van der Waals surface area contributed by atoms with Crippen molar-refractivity contribution in [1.29, 1.82) is 0 Å². The van der Waals surface area contributed by atoms with Crippen LogP contribution in [0.3, 0.4) is 0 Å². The lowest BCUT2D eigenvalue weighted by atomic mass is 10.0. The van der Waals surface area contributed by atoms with E-state index in [0.29, 0.717) is 18.5 Å². The van der Waals surface area contributed by atoms with E-state index in [0.717, 1.165) is 53.6 Å². The van der Waals surface area contributed by atoms with Gasteiger partial charge in [0.25, 0.3) is 5.91 Å². The molecular formula is C26H29ClN4O. The summed E-state index contributed by atoms with van der Waals surface area (Å²) in [7, 11) is 0. The molecule has 0 bridgehead atoms. The Morgan fingerprint density at radius 3 is 2.88 bits per heavy atom. The summed E-state index contributed by atoms with van der Waals surface area (Å²) >= 11 is 0. The molecule has 6 heteroatoms. The average molecular weight is 449 g/mol. The number of nitrogens with zero attached hydrogens (tertiary/aromatic N) is 2. The number of pyridine rings is 1. The number of halogens is 1. The summed E-state index contributed by atoms with van der Waals surface area (Å²) in [4.78, 5) is 20.5. The van der Waals surface area contributed by atoms with Crippen LogP contribution in [0.2, 0.25) is 0 Å². The number of piperidine rings is 1. The maximum absolute atomic E-state index is 13.9. The minimum absolute atomic E-state index is 0. The molecule has 3 aromatic rings. The summed E-state index contributed by atoms with van der Waals surface area (Å²) < 4.78 is 0. The molecule has 1 atom stereocenters. The van der Waals surface area contributed by atoms with E-state index in [1.807, 2.05) is 41.3 Å². The number of carbonyl (C=O) groups excluding carboxylic acids is 1. The number of amides is 1. The third kappa shape index (κ3) is 5.11. The van der Waals surface area contributed by atoms with Crippen molar-refractivity contribution in [3.8, 4) is 11.8 Å². The number of benzene rings is 2. The fraction of sp³-hybridized carbons (Fsp3) is 0.308. The third-order valence-electron chi connectivity index (χ3n) is 5.67. The van der Waals surface area contributed by atoms with Gasteiger partial charge in [-0.2, -0.15) is 0 Å². The molecule has 2 heterocycles. The van der Waals surface area contributed by atoms with Crippen molar-refractivity contribution in [2.45, 2.75) is 32.2 Å². The van der Waals surface area contributed by atoms with Crippen molar-refractivity contribution in [2.75, 3.05) is 24.5 Å². The number of aryl methyl sites for hydroxylation is 1. The molecule has 0 radical (unpaired) electrons. The van der Waals surface area contributed by atoms with Gasteiger partial charge < -0.3 is 11.1 Å². The van der Waals surface area contributed by atoms with E-state index >= 15 is 0 Å². The van der Waals surface area contributed by atoms with Gasteiger partial charge >= 0.3 is 0 Å². The molecule has 4 rings (SSSR count). The molecule has 1 aromatic heterocycles. The quantitative estimate of drug-likeness (QED) is 0.590.